The standard InChI is InChI=1S/C21H35N3O2/c1-20(2)15-9-8-14(6-5-11-25)21(20)13-18(26)16(17(21)12-15)7-3-4-10-24-19(22)23/h14-15,25H,3-13H2,1-2H3,(H4,22,23,24)/t14-,15-,21+/m1/s1. The Balaban J connectivity index is 1.82. The minimum Gasteiger partial charge on any atom is -0.396 e. The maximum Gasteiger partial charge on any atom is 0.185 e. The summed E-state index contributed by atoms with van der Waals surface area (Å²) in [5.41, 5.74) is 13.6. The highest BCUT2D eigenvalue weighted by molar-refractivity contribution is 6.00. The number of nitrogens with two attached hydrogens (primary N) is 2. The molecule has 0 saturated heterocycles. The van der Waals surface area contributed by atoms with Crippen molar-refractivity contribution in [3.8, 4) is 0 Å². The number of hydrogen-bond acceptors (Lipinski definition) is 3. The third kappa shape index (κ3) is 2.98. The van der Waals surface area contributed by atoms with Crippen molar-refractivity contribution < 1.29 is 9.90 Å². The van der Waals surface area contributed by atoms with Gasteiger partial charge in [0.25, 0.3) is 0 Å². The summed E-state index contributed by atoms with van der Waals surface area (Å²) in [6.45, 7) is 5.67. The zero-order valence-corrected chi connectivity index (χ0v) is 16.4. The average Bonchev–Trinajstić information content (AvgIpc) is 2.88. The van der Waals surface area contributed by atoms with E-state index in [1.54, 1.807) is 0 Å². The van der Waals surface area contributed by atoms with Crippen molar-refractivity contribution in [3.05, 3.63) is 11.1 Å². The number of guanidine groups is 1. The Morgan fingerprint density at radius 1 is 1.23 bits per heavy atom. The second-order valence-corrected chi connectivity index (χ2v) is 9.05. The third-order valence-electron chi connectivity index (χ3n) is 7.70. The monoisotopic (exact) mass is 361 g/mol. The van der Waals surface area contributed by atoms with Crippen LogP contribution in [-0.2, 0) is 4.79 Å². The van der Waals surface area contributed by atoms with Crippen LogP contribution in [0.4, 0.5) is 0 Å². The highest BCUT2D eigenvalue weighted by Gasteiger charge is 2.66. The molecular formula is C21H35N3O2. The molecule has 0 radical (unpaired) electrons. The first kappa shape index (κ1) is 19.4. The molecule has 5 N–H and O–H groups in total. The van der Waals surface area contributed by atoms with Crippen LogP contribution in [0, 0.1) is 22.7 Å². The topological polar surface area (TPSA) is 102 Å². The van der Waals surface area contributed by atoms with Crippen LogP contribution in [0.25, 0.3) is 0 Å². The van der Waals surface area contributed by atoms with Crippen molar-refractivity contribution in [1.82, 2.24) is 0 Å². The Bertz CT molecular complexity index is 619. The first-order valence-electron chi connectivity index (χ1n) is 10.3. The van der Waals surface area contributed by atoms with Crippen LogP contribution in [0.2, 0.25) is 0 Å². The number of hydrogen-bond donors (Lipinski definition) is 3. The lowest BCUT2D eigenvalue weighted by molar-refractivity contribution is -0.120. The van der Waals surface area contributed by atoms with E-state index < -0.39 is 0 Å². The predicted molar refractivity (Wildman–Crippen MR) is 105 cm³/mol. The predicted octanol–water partition coefficient (Wildman–Crippen LogP) is 2.91. The summed E-state index contributed by atoms with van der Waals surface area (Å²) in [5, 5.41) is 9.34. The van der Waals surface area contributed by atoms with Crippen LogP contribution < -0.4 is 11.5 Å². The Morgan fingerprint density at radius 2 is 2.00 bits per heavy atom. The van der Waals surface area contributed by atoms with Gasteiger partial charge in [0.15, 0.2) is 11.7 Å². The summed E-state index contributed by atoms with van der Waals surface area (Å²) in [5.74, 6) is 1.76. The largest absolute Gasteiger partial charge is 0.396 e. The molecule has 0 aromatic rings. The highest BCUT2D eigenvalue weighted by Crippen LogP contribution is 2.73. The van der Waals surface area contributed by atoms with E-state index in [9.17, 15) is 9.90 Å². The summed E-state index contributed by atoms with van der Waals surface area (Å²) >= 11 is 0. The van der Waals surface area contributed by atoms with Crippen LogP contribution in [0.3, 0.4) is 0 Å². The van der Waals surface area contributed by atoms with E-state index in [0.29, 0.717) is 30.6 Å². The first-order valence-corrected chi connectivity index (χ1v) is 10.3. The van der Waals surface area contributed by atoms with Gasteiger partial charge in [-0.05, 0) is 74.2 Å². The SMILES string of the molecule is CC1(C)[C@@H]2CC[C@@H](CCCO)[C@]13CC(=O)C(CCCCN=C(N)N)=C3C2. The maximum atomic E-state index is 13.0. The number of fused-ring (bicyclic) bond motifs is 1. The van der Waals surface area contributed by atoms with Crippen molar-refractivity contribution in [3.63, 3.8) is 0 Å². The van der Waals surface area contributed by atoms with Gasteiger partial charge in [0, 0.05) is 25.0 Å². The van der Waals surface area contributed by atoms with Gasteiger partial charge in [-0.2, -0.15) is 0 Å². The fourth-order valence-corrected chi connectivity index (χ4v) is 6.36. The number of ketones is 1. The molecule has 26 heavy (non-hydrogen) atoms. The number of allylic oxidation sites excluding steroid dienone is 2. The van der Waals surface area contributed by atoms with E-state index >= 15 is 0 Å². The van der Waals surface area contributed by atoms with Gasteiger partial charge in [-0.1, -0.05) is 19.4 Å². The van der Waals surface area contributed by atoms with E-state index in [-0.39, 0.29) is 23.4 Å². The summed E-state index contributed by atoms with van der Waals surface area (Å²) in [6.07, 6.45) is 8.92. The Kier molecular flexibility index (Phi) is 5.48. The van der Waals surface area contributed by atoms with Gasteiger partial charge in [-0.25, -0.2) is 0 Å². The van der Waals surface area contributed by atoms with E-state index in [1.165, 1.54) is 18.4 Å². The average molecular weight is 362 g/mol. The lowest BCUT2D eigenvalue weighted by Gasteiger charge is -2.52. The maximum absolute atomic E-state index is 13.0. The van der Waals surface area contributed by atoms with Gasteiger partial charge >= 0.3 is 0 Å². The van der Waals surface area contributed by atoms with Gasteiger partial charge in [-0.15, -0.1) is 0 Å². The van der Waals surface area contributed by atoms with E-state index in [1.807, 2.05) is 0 Å². The highest BCUT2D eigenvalue weighted by atomic mass is 16.2. The molecule has 3 aliphatic carbocycles. The Hall–Kier alpha value is -1.36. The number of aliphatic hydroxyl groups is 1. The number of rotatable bonds is 8. The minimum absolute atomic E-state index is 0.0529. The van der Waals surface area contributed by atoms with Crippen LogP contribution >= 0.6 is 0 Å². The Labute approximate surface area is 157 Å². The fourth-order valence-electron chi connectivity index (χ4n) is 6.36. The second-order valence-electron chi connectivity index (χ2n) is 9.05. The van der Waals surface area contributed by atoms with Crippen molar-refractivity contribution >= 4 is 11.7 Å². The minimum atomic E-state index is 0.0529. The zero-order chi connectivity index (χ0) is 18.9. The van der Waals surface area contributed by atoms with Crippen LogP contribution in [-0.4, -0.2) is 30.0 Å². The van der Waals surface area contributed by atoms with Crippen molar-refractivity contribution in [2.45, 2.75) is 71.6 Å². The molecule has 0 heterocycles. The van der Waals surface area contributed by atoms with Crippen molar-refractivity contribution in [2.75, 3.05) is 13.2 Å². The van der Waals surface area contributed by atoms with Gasteiger partial charge in [-0.3, -0.25) is 9.79 Å². The molecule has 2 fully saturated rings. The molecule has 3 aliphatic rings. The molecule has 0 amide bonds. The van der Waals surface area contributed by atoms with Crippen molar-refractivity contribution in [2.24, 2.45) is 39.1 Å². The van der Waals surface area contributed by atoms with Crippen molar-refractivity contribution in [1.29, 1.82) is 0 Å². The van der Waals surface area contributed by atoms with Gasteiger partial charge in [0.2, 0.25) is 0 Å². The number of carbonyl (C=O) groups excluding carboxylic acids is 1. The molecule has 146 valence electrons. The van der Waals surface area contributed by atoms with E-state index in [2.05, 4.69) is 18.8 Å². The quantitative estimate of drug-likeness (QED) is 0.351. The van der Waals surface area contributed by atoms with E-state index in [0.717, 1.165) is 44.1 Å². The molecule has 2 bridgehead atoms. The zero-order valence-electron chi connectivity index (χ0n) is 16.4. The van der Waals surface area contributed by atoms with Gasteiger partial charge in [0.1, 0.15) is 0 Å². The molecule has 3 rings (SSSR count). The smallest absolute Gasteiger partial charge is 0.185 e. The third-order valence-corrected chi connectivity index (χ3v) is 7.70. The summed E-state index contributed by atoms with van der Waals surface area (Å²) in [4.78, 5) is 17.0. The molecule has 1 spiro atoms. The number of aliphatic hydroxyl groups excluding tert-OH is 1. The summed E-state index contributed by atoms with van der Waals surface area (Å²) in [7, 11) is 0. The molecule has 0 aromatic heterocycles. The number of carbonyl (C=O) groups is 1. The molecule has 2 saturated carbocycles. The van der Waals surface area contributed by atoms with Gasteiger partial charge < -0.3 is 16.6 Å². The number of Topliss-reactive ketones (excluding diaryl/α,β-unsaturated/α-hetero) is 1. The molecule has 0 unspecified atom stereocenters. The molecule has 0 aromatic carbocycles. The molecule has 5 heteroatoms. The van der Waals surface area contributed by atoms with Crippen LogP contribution in [0.1, 0.15) is 71.6 Å². The number of unbranched alkanes of at least 4 members (excludes halogenated alkanes) is 1. The van der Waals surface area contributed by atoms with Crippen LogP contribution in [0.5, 0.6) is 0 Å². The lowest BCUT2D eigenvalue weighted by atomic mass is 9.51. The molecular weight excluding hydrogens is 326 g/mol. The molecule has 3 atom stereocenters. The first-order chi connectivity index (χ1) is 12.3. The lowest BCUT2D eigenvalue weighted by Crippen LogP contribution is -2.46. The fraction of sp³-hybridized carbons (Fsp3) is 0.810. The summed E-state index contributed by atoms with van der Waals surface area (Å²) in [6, 6.07) is 0. The summed E-state index contributed by atoms with van der Waals surface area (Å²) < 4.78 is 0. The normalized spacial score (nSPS) is 32.0. The number of nitrogens with zero attached hydrogens (tertiary/aromatic N) is 1. The second kappa shape index (κ2) is 7.34. The molecule has 5 nitrogen and oxygen atoms in total. The Morgan fingerprint density at radius 3 is 2.69 bits per heavy atom. The van der Waals surface area contributed by atoms with Gasteiger partial charge in [0.05, 0.1) is 0 Å². The van der Waals surface area contributed by atoms with Crippen LogP contribution in [0.15, 0.2) is 16.1 Å². The molecule has 0 aliphatic heterocycles. The number of aliphatic imine (C=N–C) groups is 1. The van der Waals surface area contributed by atoms with E-state index in [4.69, 9.17) is 11.5 Å².